The summed E-state index contributed by atoms with van der Waals surface area (Å²) in [6, 6.07) is 6.67. The maximum Gasteiger partial charge on any atom is 0.338 e. The normalized spacial score (nSPS) is 12.7. The Labute approximate surface area is 147 Å². The van der Waals surface area contributed by atoms with Crippen LogP contribution in [0.1, 0.15) is 38.1 Å². The van der Waals surface area contributed by atoms with Crippen molar-refractivity contribution < 1.29 is 23.8 Å². The van der Waals surface area contributed by atoms with E-state index in [1.165, 1.54) is 19.2 Å². The molecule has 1 rings (SSSR count). The van der Waals surface area contributed by atoms with Gasteiger partial charge in [0.1, 0.15) is 5.54 Å². The molecule has 0 unspecified atom stereocenters. The minimum atomic E-state index is -1.02. The molecule has 7 heteroatoms. The smallest absolute Gasteiger partial charge is 0.338 e. The molecule has 1 aromatic rings. The van der Waals surface area contributed by atoms with Gasteiger partial charge in [-0.25, -0.2) is 4.79 Å². The summed E-state index contributed by atoms with van der Waals surface area (Å²) in [7, 11) is 1.47. The van der Waals surface area contributed by atoms with Crippen molar-refractivity contribution in [3.63, 3.8) is 0 Å². The second kappa shape index (κ2) is 8.92. The topological polar surface area (TPSA) is 97.6 Å². The molecule has 136 valence electrons. The Kier molecular flexibility index (Phi) is 7.24. The summed E-state index contributed by atoms with van der Waals surface area (Å²) in [5.74, 6) is -0.380. The number of benzene rings is 1. The number of carbonyl (C=O) groups excluding carboxylic acids is 2. The molecule has 0 spiro atoms. The first-order chi connectivity index (χ1) is 11.8. The number of rotatable bonds is 8. The van der Waals surface area contributed by atoms with Gasteiger partial charge in [0.2, 0.25) is 0 Å². The zero-order chi connectivity index (χ0) is 19.0. The van der Waals surface area contributed by atoms with Gasteiger partial charge in [-0.05, 0) is 38.0 Å². The van der Waals surface area contributed by atoms with E-state index < -0.39 is 24.0 Å². The largest absolute Gasteiger partial charge is 0.493 e. The molecule has 7 nitrogen and oxygen atoms in total. The third-order valence-electron chi connectivity index (χ3n) is 3.82. The van der Waals surface area contributed by atoms with Crippen LogP contribution in [-0.2, 0) is 9.53 Å². The van der Waals surface area contributed by atoms with E-state index in [0.29, 0.717) is 18.1 Å². The van der Waals surface area contributed by atoms with Crippen molar-refractivity contribution in [1.82, 2.24) is 5.32 Å². The summed E-state index contributed by atoms with van der Waals surface area (Å²) in [4.78, 5) is 24.0. The Bertz CT molecular complexity index is 666. The van der Waals surface area contributed by atoms with Crippen LogP contribution in [0.15, 0.2) is 18.2 Å². The van der Waals surface area contributed by atoms with Crippen LogP contribution in [0.3, 0.4) is 0 Å². The number of nitrogens with zero attached hydrogens (tertiary/aromatic N) is 1. The van der Waals surface area contributed by atoms with E-state index in [-0.39, 0.29) is 11.5 Å². The number of carbonyl (C=O) groups is 2. The fraction of sp³-hybridized carbons (Fsp3) is 0.500. The van der Waals surface area contributed by atoms with Gasteiger partial charge in [-0.2, -0.15) is 5.26 Å². The summed E-state index contributed by atoms with van der Waals surface area (Å²) in [5, 5.41) is 11.8. The van der Waals surface area contributed by atoms with Crippen LogP contribution in [0.2, 0.25) is 0 Å². The standard InChI is InChI=1S/C18H24N2O5/c1-6-24-14-8-7-13(9-15(14)23-5)17(22)25-10-16(21)20-18(4,11-19)12(2)3/h7-9,12H,6,10H2,1-5H3,(H,20,21)/t18-/m0/s1. The highest BCUT2D eigenvalue weighted by molar-refractivity contribution is 5.92. The van der Waals surface area contributed by atoms with Crippen LogP contribution in [0.5, 0.6) is 11.5 Å². The molecular formula is C18H24N2O5. The highest BCUT2D eigenvalue weighted by atomic mass is 16.5. The summed E-state index contributed by atoms with van der Waals surface area (Å²) in [5.41, 5.74) is -0.786. The third-order valence-corrected chi connectivity index (χ3v) is 3.82. The fourth-order valence-electron chi connectivity index (χ4n) is 1.91. The van der Waals surface area contributed by atoms with Crippen molar-refractivity contribution >= 4 is 11.9 Å². The first-order valence-electron chi connectivity index (χ1n) is 7.97. The summed E-state index contributed by atoms with van der Waals surface area (Å²) in [6.45, 7) is 7.09. The van der Waals surface area contributed by atoms with Crippen LogP contribution < -0.4 is 14.8 Å². The van der Waals surface area contributed by atoms with Crippen molar-refractivity contribution in [2.45, 2.75) is 33.2 Å². The predicted octanol–water partition coefficient (Wildman–Crippen LogP) is 2.31. The van der Waals surface area contributed by atoms with Crippen LogP contribution in [0.4, 0.5) is 0 Å². The fourth-order valence-corrected chi connectivity index (χ4v) is 1.91. The SMILES string of the molecule is CCOc1ccc(C(=O)OCC(=O)N[C@@](C)(C#N)C(C)C)cc1OC. The third kappa shape index (κ3) is 5.38. The average Bonchev–Trinajstić information content (AvgIpc) is 2.59. The maximum absolute atomic E-state index is 12.1. The second-order valence-corrected chi connectivity index (χ2v) is 5.89. The monoisotopic (exact) mass is 348 g/mol. The van der Waals surface area contributed by atoms with Gasteiger partial charge in [0.05, 0.1) is 25.3 Å². The van der Waals surface area contributed by atoms with Crippen LogP contribution in [0.25, 0.3) is 0 Å². The highest BCUT2D eigenvalue weighted by Crippen LogP contribution is 2.28. The molecular weight excluding hydrogens is 324 g/mol. The van der Waals surface area contributed by atoms with Gasteiger partial charge in [-0.1, -0.05) is 13.8 Å². The lowest BCUT2D eigenvalue weighted by Crippen LogP contribution is -2.50. The Balaban J connectivity index is 2.71. The lowest BCUT2D eigenvalue weighted by molar-refractivity contribution is -0.125. The molecule has 1 atom stereocenters. The Hall–Kier alpha value is -2.75. The zero-order valence-corrected chi connectivity index (χ0v) is 15.2. The molecule has 0 saturated carbocycles. The quantitative estimate of drug-likeness (QED) is 0.724. The van der Waals surface area contributed by atoms with E-state index >= 15 is 0 Å². The van der Waals surface area contributed by atoms with E-state index in [0.717, 1.165) is 0 Å². The second-order valence-electron chi connectivity index (χ2n) is 5.89. The Morgan fingerprint density at radius 1 is 1.32 bits per heavy atom. The Morgan fingerprint density at radius 2 is 2.00 bits per heavy atom. The first kappa shape index (κ1) is 20.3. The summed E-state index contributed by atoms with van der Waals surface area (Å²) in [6.07, 6.45) is 0. The van der Waals surface area contributed by atoms with Gasteiger partial charge in [0.15, 0.2) is 18.1 Å². The molecule has 0 aliphatic carbocycles. The van der Waals surface area contributed by atoms with Crippen molar-refractivity contribution in [2.24, 2.45) is 5.92 Å². The minimum absolute atomic E-state index is 0.0903. The van der Waals surface area contributed by atoms with Crippen molar-refractivity contribution in [3.05, 3.63) is 23.8 Å². The van der Waals surface area contributed by atoms with Crippen LogP contribution in [-0.4, -0.2) is 37.7 Å². The number of nitrogens with one attached hydrogen (secondary N) is 1. The molecule has 0 radical (unpaired) electrons. The van der Waals surface area contributed by atoms with Gasteiger partial charge < -0.3 is 19.5 Å². The van der Waals surface area contributed by atoms with Gasteiger partial charge in [-0.15, -0.1) is 0 Å². The van der Waals surface area contributed by atoms with Crippen molar-refractivity contribution in [1.29, 1.82) is 5.26 Å². The van der Waals surface area contributed by atoms with E-state index in [2.05, 4.69) is 11.4 Å². The van der Waals surface area contributed by atoms with E-state index in [1.54, 1.807) is 13.0 Å². The van der Waals surface area contributed by atoms with Gasteiger partial charge in [0, 0.05) is 0 Å². The maximum atomic E-state index is 12.1. The molecule has 0 aliphatic heterocycles. The molecule has 0 bridgehead atoms. The van der Waals surface area contributed by atoms with Crippen LogP contribution >= 0.6 is 0 Å². The van der Waals surface area contributed by atoms with Crippen LogP contribution in [0, 0.1) is 17.2 Å². The van der Waals surface area contributed by atoms with Gasteiger partial charge in [0.25, 0.3) is 5.91 Å². The average molecular weight is 348 g/mol. The number of esters is 1. The zero-order valence-electron chi connectivity index (χ0n) is 15.2. The number of nitriles is 1. The Morgan fingerprint density at radius 3 is 2.52 bits per heavy atom. The minimum Gasteiger partial charge on any atom is -0.493 e. The highest BCUT2D eigenvalue weighted by Gasteiger charge is 2.30. The molecule has 0 fully saturated rings. The molecule has 0 aromatic heterocycles. The molecule has 1 N–H and O–H groups in total. The molecule has 0 saturated heterocycles. The number of hydrogen-bond donors (Lipinski definition) is 1. The molecule has 25 heavy (non-hydrogen) atoms. The van der Waals surface area contributed by atoms with Crippen molar-refractivity contribution in [2.75, 3.05) is 20.3 Å². The number of hydrogen-bond acceptors (Lipinski definition) is 6. The number of methoxy groups -OCH3 is 1. The summed E-state index contributed by atoms with van der Waals surface area (Å²) < 4.78 is 15.6. The summed E-state index contributed by atoms with van der Waals surface area (Å²) >= 11 is 0. The van der Waals surface area contributed by atoms with Gasteiger partial charge >= 0.3 is 5.97 Å². The lowest BCUT2D eigenvalue weighted by atomic mass is 9.90. The van der Waals surface area contributed by atoms with E-state index in [9.17, 15) is 14.9 Å². The number of amides is 1. The number of ether oxygens (including phenoxy) is 3. The molecule has 0 heterocycles. The van der Waals surface area contributed by atoms with E-state index in [4.69, 9.17) is 14.2 Å². The molecule has 0 aliphatic rings. The molecule has 1 aromatic carbocycles. The van der Waals surface area contributed by atoms with Gasteiger partial charge in [-0.3, -0.25) is 4.79 Å². The predicted molar refractivity (Wildman–Crippen MR) is 91.4 cm³/mol. The lowest BCUT2D eigenvalue weighted by Gasteiger charge is -2.27. The van der Waals surface area contributed by atoms with Crippen molar-refractivity contribution in [3.8, 4) is 17.6 Å². The first-order valence-corrected chi connectivity index (χ1v) is 7.97. The van der Waals surface area contributed by atoms with E-state index in [1.807, 2.05) is 20.8 Å². The molecule has 1 amide bonds.